The van der Waals surface area contributed by atoms with Crippen molar-refractivity contribution in [2.24, 2.45) is 11.3 Å². The molecular formula is C38H38N4O5S2. The molecule has 3 amide bonds. The maximum Gasteiger partial charge on any atom is 0.272 e. The molecule has 1 heterocycles. The molecule has 4 aromatic rings. The summed E-state index contributed by atoms with van der Waals surface area (Å²) in [6.45, 7) is 6.74. The fraction of sp³-hybridized carbons (Fsp3) is 0.263. The number of phenols is 1. The van der Waals surface area contributed by atoms with Crippen molar-refractivity contribution < 1.29 is 24.2 Å². The van der Waals surface area contributed by atoms with Gasteiger partial charge in [-0.15, -0.1) is 23.1 Å². The smallest absolute Gasteiger partial charge is 0.272 e. The third kappa shape index (κ3) is 8.90. The summed E-state index contributed by atoms with van der Waals surface area (Å²) < 4.78 is 5.36. The molecule has 49 heavy (non-hydrogen) atoms. The van der Waals surface area contributed by atoms with Crippen LogP contribution in [-0.2, 0) is 22.4 Å². The lowest BCUT2D eigenvalue weighted by Gasteiger charge is -2.33. The van der Waals surface area contributed by atoms with Gasteiger partial charge in [-0.1, -0.05) is 45.0 Å². The molecule has 0 aliphatic heterocycles. The number of amides is 3. The zero-order valence-electron chi connectivity index (χ0n) is 27.8. The van der Waals surface area contributed by atoms with Gasteiger partial charge in [-0.05, 0) is 84.7 Å². The molecule has 0 radical (unpaired) electrons. The van der Waals surface area contributed by atoms with Crippen LogP contribution >= 0.6 is 23.1 Å². The number of anilines is 2. The Morgan fingerprint density at radius 3 is 2.55 bits per heavy atom. The summed E-state index contributed by atoms with van der Waals surface area (Å²) in [5.74, 6) is -0.346. The first-order valence-electron chi connectivity index (χ1n) is 15.8. The largest absolute Gasteiger partial charge is 0.508 e. The number of hydrogen-bond donors (Lipinski definition) is 4. The number of ether oxygens (including phenoxy) is 1. The molecule has 1 aromatic heterocycles. The summed E-state index contributed by atoms with van der Waals surface area (Å²) in [4.78, 5) is 41.6. The molecule has 11 heteroatoms. The van der Waals surface area contributed by atoms with Crippen molar-refractivity contribution in [3.63, 3.8) is 0 Å². The molecule has 0 spiro atoms. The van der Waals surface area contributed by atoms with Gasteiger partial charge >= 0.3 is 0 Å². The number of carbonyl (C=O) groups is 3. The van der Waals surface area contributed by atoms with E-state index in [2.05, 4.69) is 42.8 Å². The maximum atomic E-state index is 13.6. The minimum Gasteiger partial charge on any atom is -0.508 e. The van der Waals surface area contributed by atoms with E-state index < -0.39 is 11.8 Å². The Balaban J connectivity index is 1.27. The van der Waals surface area contributed by atoms with E-state index in [9.17, 15) is 24.8 Å². The summed E-state index contributed by atoms with van der Waals surface area (Å²) in [5, 5.41) is 28.9. The Bertz CT molecular complexity index is 1940. The van der Waals surface area contributed by atoms with Crippen LogP contribution in [0.2, 0.25) is 0 Å². The lowest BCUT2D eigenvalue weighted by Crippen LogP contribution is -2.30. The Morgan fingerprint density at radius 2 is 1.84 bits per heavy atom. The van der Waals surface area contributed by atoms with Crippen LogP contribution in [0.3, 0.4) is 0 Å². The molecule has 252 valence electrons. The summed E-state index contributed by atoms with van der Waals surface area (Å²) in [6, 6.07) is 22.3. The zero-order chi connectivity index (χ0) is 35.1. The van der Waals surface area contributed by atoms with E-state index in [1.807, 2.05) is 6.07 Å². The Hall–Kier alpha value is -5.05. The second-order valence-corrected chi connectivity index (χ2v) is 14.9. The van der Waals surface area contributed by atoms with Crippen molar-refractivity contribution in [2.45, 2.75) is 44.9 Å². The molecule has 1 aliphatic rings. The average molecular weight is 695 g/mol. The fourth-order valence-electron chi connectivity index (χ4n) is 5.62. The maximum absolute atomic E-state index is 13.6. The van der Waals surface area contributed by atoms with Crippen molar-refractivity contribution in [2.75, 3.05) is 23.5 Å². The van der Waals surface area contributed by atoms with Crippen molar-refractivity contribution in [3.05, 3.63) is 106 Å². The normalized spacial score (nSPS) is 14.3. The first-order valence-corrected chi connectivity index (χ1v) is 17.6. The van der Waals surface area contributed by atoms with E-state index in [-0.39, 0.29) is 28.5 Å². The number of nitriles is 1. The Labute approximate surface area is 294 Å². The SMILES string of the molecule is COc1cc(O)ccc1/C=C(/NC(=O)c1ccccc1)C(=O)Nc1cccc(SCC(=O)Nc2sc3c(c2C#N)CCC(C(C)(C)C)C3)c1. The van der Waals surface area contributed by atoms with Crippen molar-refractivity contribution in [1.82, 2.24) is 5.32 Å². The molecule has 3 aromatic carbocycles. The minimum absolute atomic E-state index is 0.00873. The van der Waals surface area contributed by atoms with E-state index in [0.29, 0.717) is 39.0 Å². The van der Waals surface area contributed by atoms with Gasteiger partial charge in [0, 0.05) is 32.7 Å². The Morgan fingerprint density at radius 1 is 1.06 bits per heavy atom. The van der Waals surface area contributed by atoms with Crippen LogP contribution in [0.4, 0.5) is 10.7 Å². The highest BCUT2D eigenvalue weighted by Crippen LogP contribution is 2.44. The van der Waals surface area contributed by atoms with Crippen LogP contribution in [0.5, 0.6) is 11.5 Å². The van der Waals surface area contributed by atoms with E-state index in [1.165, 1.54) is 53.3 Å². The van der Waals surface area contributed by atoms with E-state index in [4.69, 9.17) is 4.74 Å². The molecule has 5 rings (SSSR count). The van der Waals surface area contributed by atoms with Crippen LogP contribution in [0, 0.1) is 22.7 Å². The number of rotatable bonds is 10. The van der Waals surface area contributed by atoms with Crippen molar-refractivity contribution >= 4 is 57.6 Å². The van der Waals surface area contributed by atoms with Gasteiger partial charge in [-0.25, -0.2) is 0 Å². The quantitative estimate of drug-likeness (QED) is 0.0989. The summed E-state index contributed by atoms with van der Waals surface area (Å²) in [6.07, 6.45) is 4.25. The van der Waals surface area contributed by atoms with Gasteiger partial charge in [0.2, 0.25) is 5.91 Å². The van der Waals surface area contributed by atoms with Gasteiger partial charge < -0.3 is 25.8 Å². The number of methoxy groups -OCH3 is 1. The molecule has 1 atom stereocenters. The molecule has 4 N–H and O–H groups in total. The van der Waals surface area contributed by atoms with Crippen LogP contribution in [0.1, 0.15) is 59.1 Å². The van der Waals surface area contributed by atoms with Crippen LogP contribution in [-0.4, -0.2) is 35.7 Å². The van der Waals surface area contributed by atoms with Crippen LogP contribution < -0.4 is 20.7 Å². The van der Waals surface area contributed by atoms with Crippen LogP contribution in [0.25, 0.3) is 6.08 Å². The second-order valence-electron chi connectivity index (χ2n) is 12.7. The Kier molecular flexibility index (Phi) is 11.1. The van der Waals surface area contributed by atoms with Crippen molar-refractivity contribution in [1.29, 1.82) is 5.26 Å². The van der Waals surface area contributed by atoms with Gasteiger partial charge in [-0.2, -0.15) is 5.26 Å². The molecular weight excluding hydrogens is 657 g/mol. The van der Waals surface area contributed by atoms with Crippen LogP contribution in [0.15, 0.2) is 83.4 Å². The number of thioether (sulfide) groups is 1. The first-order chi connectivity index (χ1) is 23.4. The monoisotopic (exact) mass is 694 g/mol. The topological polar surface area (TPSA) is 141 Å². The predicted molar refractivity (Wildman–Crippen MR) is 195 cm³/mol. The molecule has 0 fully saturated rings. The molecule has 0 bridgehead atoms. The number of thiophene rings is 1. The summed E-state index contributed by atoms with van der Waals surface area (Å²) in [5.41, 5.74) is 3.07. The predicted octanol–water partition coefficient (Wildman–Crippen LogP) is 7.63. The molecule has 0 saturated heterocycles. The highest BCUT2D eigenvalue weighted by Gasteiger charge is 2.32. The number of nitrogens with zero attached hydrogens (tertiary/aromatic N) is 1. The lowest BCUT2D eigenvalue weighted by molar-refractivity contribution is -0.114. The van der Waals surface area contributed by atoms with Gasteiger partial charge in [0.15, 0.2) is 0 Å². The van der Waals surface area contributed by atoms with Gasteiger partial charge in [0.05, 0.1) is 18.4 Å². The number of benzene rings is 3. The number of nitrogens with one attached hydrogen (secondary N) is 3. The fourth-order valence-corrected chi connectivity index (χ4v) is 7.67. The third-order valence-corrected chi connectivity index (χ3v) is 10.5. The van der Waals surface area contributed by atoms with Gasteiger partial charge in [0.1, 0.15) is 28.3 Å². The second kappa shape index (κ2) is 15.4. The molecule has 9 nitrogen and oxygen atoms in total. The summed E-state index contributed by atoms with van der Waals surface area (Å²) >= 11 is 2.81. The summed E-state index contributed by atoms with van der Waals surface area (Å²) in [7, 11) is 1.44. The van der Waals surface area contributed by atoms with Gasteiger partial charge in [-0.3, -0.25) is 14.4 Å². The molecule has 1 aliphatic carbocycles. The number of aromatic hydroxyl groups is 1. The highest BCUT2D eigenvalue weighted by molar-refractivity contribution is 8.00. The number of phenolic OH excluding ortho intramolecular Hbond substituents is 1. The van der Waals surface area contributed by atoms with E-state index in [0.717, 1.165) is 29.7 Å². The number of carbonyl (C=O) groups excluding carboxylic acids is 3. The zero-order valence-corrected chi connectivity index (χ0v) is 29.4. The minimum atomic E-state index is -0.585. The average Bonchev–Trinajstić information content (AvgIpc) is 3.43. The third-order valence-electron chi connectivity index (χ3n) is 8.36. The van der Waals surface area contributed by atoms with E-state index >= 15 is 0 Å². The van der Waals surface area contributed by atoms with E-state index in [1.54, 1.807) is 54.6 Å². The number of fused-ring (bicyclic) bond motifs is 1. The lowest BCUT2D eigenvalue weighted by atomic mass is 9.72. The van der Waals surface area contributed by atoms with Gasteiger partial charge in [0.25, 0.3) is 11.8 Å². The highest BCUT2D eigenvalue weighted by atomic mass is 32.2. The molecule has 0 saturated carbocycles. The van der Waals surface area contributed by atoms with Crippen molar-refractivity contribution in [3.8, 4) is 17.6 Å². The number of hydrogen-bond acceptors (Lipinski definition) is 8. The molecule has 1 unspecified atom stereocenters. The standard InChI is InChI=1S/C38H38N4O5S2/c1-38(2,3)25-14-16-29-30(21-39)37(49-33(29)18-25)42-34(44)22-48-28-12-8-11-26(19-28)40-36(46)31(41-35(45)23-9-6-5-7-10-23)17-24-13-15-27(43)20-32(24)47-4/h5-13,15,17,19-20,25,43H,14,16,18,22H2,1-4H3,(H,40,46)(H,41,45)(H,42,44)/b31-17+. The first kappa shape index (κ1) is 35.3.